The average molecular weight is 288 g/mol. The van der Waals surface area contributed by atoms with E-state index in [1.165, 1.54) is 12.1 Å². The maximum absolute atomic E-state index is 12.9. The molecule has 1 amide bonds. The van der Waals surface area contributed by atoms with Crippen LogP contribution in [0.4, 0.5) is 18.9 Å². The van der Waals surface area contributed by atoms with E-state index in [0.29, 0.717) is 6.42 Å². The van der Waals surface area contributed by atoms with Crippen LogP contribution in [0.25, 0.3) is 0 Å². The van der Waals surface area contributed by atoms with Crippen LogP contribution in [0.2, 0.25) is 0 Å². The Bertz CT molecular complexity index is 496. The molecular formula is C14H19F3N2O. The van der Waals surface area contributed by atoms with Gasteiger partial charge in [-0.2, -0.15) is 13.2 Å². The number of carbonyl (C=O) groups is 1. The number of nitrogens with two attached hydrogens (primary N) is 1. The lowest BCUT2D eigenvalue weighted by atomic mass is 9.89. The van der Waals surface area contributed by atoms with Crippen LogP contribution in [0.3, 0.4) is 0 Å². The minimum Gasteiger partial charge on any atom is -0.326 e. The molecule has 0 heterocycles. The number of amides is 1. The van der Waals surface area contributed by atoms with Crippen LogP contribution < -0.4 is 11.1 Å². The number of carbonyl (C=O) groups excluding carboxylic acids is 1. The van der Waals surface area contributed by atoms with E-state index in [4.69, 9.17) is 5.73 Å². The molecule has 0 unspecified atom stereocenters. The maximum Gasteiger partial charge on any atom is 0.416 e. The zero-order chi connectivity index (χ0) is 15.6. The second kappa shape index (κ2) is 5.83. The summed E-state index contributed by atoms with van der Waals surface area (Å²) in [6.07, 6.45) is -3.90. The summed E-state index contributed by atoms with van der Waals surface area (Å²) in [5, 5.41) is 2.52. The van der Waals surface area contributed by atoms with E-state index >= 15 is 0 Å². The molecule has 1 rings (SSSR count). The average Bonchev–Trinajstić information content (AvgIpc) is 2.37. The highest BCUT2D eigenvalue weighted by atomic mass is 19.4. The quantitative estimate of drug-likeness (QED) is 0.890. The topological polar surface area (TPSA) is 55.1 Å². The molecule has 1 aromatic carbocycles. The molecule has 3 nitrogen and oxygen atoms in total. The van der Waals surface area contributed by atoms with E-state index in [1.807, 2.05) is 6.92 Å². The van der Waals surface area contributed by atoms with Crippen molar-refractivity contribution in [1.29, 1.82) is 0 Å². The maximum atomic E-state index is 12.9. The highest BCUT2D eigenvalue weighted by Gasteiger charge is 2.33. The molecule has 0 atom stereocenters. The van der Waals surface area contributed by atoms with Crippen LogP contribution in [-0.4, -0.2) is 5.91 Å². The van der Waals surface area contributed by atoms with E-state index in [9.17, 15) is 18.0 Å². The molecular weight excluding hydrogens is 269 g/mol. The van der Waals surface area contributed by atoms with Gasteiger partial charge in [0.15, 0.2) is 0 Å². The molecule has 0 aliphatic rings. The van der Waals surface area contributed by atoms with Crippen molar-refractivity contribution in [3.63, 3.8) is 0 Å². The van der Waals surface area contributed by atoms with E-state index in [0.717, 1.165) is 6.07 Å². The SMILES string of the molecule is CCC(C)(C)C(=O)Nc1ccc(CN)c(C(F)(F)F)c1. The van der Waals surface area contributed by atoms with Gasteiger partial charge in [0.25, 0.3) is 0 Å². The fourth-order valence-electron chi connectivity index (χ4n) is 1.56. The second-order valence-electron chi connectivity index (χ2n) is 5.27. The first kappa shape index (κ1) is 16.5. The van der Waals surface area contributed by atoms with Crippen molar-refractivity contribution < 1.29 is 18.0 Å². The van der Waals surface area contributed by atoms with Gasteiger partial charge in [0.1, 0.15) is 0 Å². The Morgan fingerprint density at radius 2 is 1.90 bits per heavy atom. The molecule has 0 spiro atoms. The minimum absolute atomic E-state index is 0.00486. The Morgan fingerprint density at radius 3 is 2.35 bits per heavy atom. The first-order valence-corrected chi connectivity index (χ1v) is 6.33. The molecule has 0 aliphatic carbocycles. The van der Waals surface area contributed by atoms with Gasteiger partial charge in [0.05, 0.1) is 5.56 Å². The van der Waals surface area contributed by atoms with Crippen LogP contribution >= 0.6 is 0 Å². The summed E-state index contributed by atoms with van der Waals surface area (Å²) in [7, 11) is 0. The Hall–Kier alpha value is -1.56. The van der Waals surface area contributed by atoms with Gasteiger partial charge in [-0.3, -0.25) is 4.79 Å². The second-order valence-corrected chi connectivity index (χ2v) is 5.27. The van der Waals surface area contributed by atoms with Gasteiger partial charge in [-0.05, 0) is 24.1 Å². The van der Waals surface area contributed by atoms with E-state index < -0.39 is 17.2 Å². The van der Waals surface area contributed by atoms with Gasteiger partial charge < -0.3 is 11.1 Å². The number of halogens is 3. The van der Waals surface area contributed by atoms with Crippen LogP contribution in [0.15, 0.2) is 18.2 Å². The number of alkyl halides is 3. The lowest BCUT2D eigenvalue weighted by Gasteiger charge is -2.22. The number of benzene rings is 1. The van der Waals surface area contributed by atoms with E-state index in [2.05, 4.69) is 5.32 Å². The van der Waals surface area contributed by atoms with Crippen molar-refractivity contribution in [1.82, 2.24) is 0 Å². The fourth-order valence-corrected chi connectivity index (χ4v) is 1.56. The van der Waals surface area contributed by atoms with Crippen molar-refractivity contribution >= 4 is 11.6 Å². The van der Waals surface area contributed by atoms with E-state index in [-0.39, 0.29) is 23.7 Å². The highest BCUT2D eigenvalue weighted by Crippen LogP contribution is 2.34. The van der Waals surface area contributed by atoms with Crippen molar-refractivity contribution in [2.24, 2.45) is 11.1 Å². The summed E-state index contributed by atoms with van der Waals surface area (Å²) < 4.78 is 38.7. The number of hydrogen-bond donors (Lipinski definition) is 2. The van der Waals surface area contributed by atoms with Gasteiger partial charge in [-0.1, -0.05) is 26.8 Å². The summed E-state index contributed by atoms with van der Waals surface area (Å²) in [6.45, 7) is 5.12. The Labute approximate surface area is 116 Å². The number of nitrogens with one attached hydrogen (secondary N) is 1. The number of hydrogen-bond acceptors (Lipinski definition) is 2. The summed E-state index contributed by atoms with van der Waals surface area (Å²) in [4.78, 5) is 12.0. The molecule has 20 heavy (non-hydrogen) atoms. The van der Waals surface area contributed by atoms with Crippen LogP contribution in [0.5, 0.6) is 0 Å². The van der Waals surface area contributed by atoms with Gasteiger partial charge in [0, 0.05) is 17.6 Å². The van der Waals surface area contributed by atoms with Gasteiger partial charge in [-0.15, -0.1) is 0 Å². The summed E-state index contributed by atoms with van der Waals surface area (Å²) >= 11 is 0. The predicted molar refractivity (Wildman–Crippen MR) is 72.0 cm³/mol. The zero-order valence-electron chi connectivity index (χ0n) is 11.8. The molecule has 0 saturated heterocycles. The lowest BCUT2D eigenvalue weighted by Crippen LogP contribution is -2.30. The molecule has 1 aromatic rings. The van der Waals surface area contributed by atoms with Crippen LogP contribution in [-0.2, 0) is 17.5 Å². The van der Waals surface area contributed by atoms with Crippen molar-refractivity contribution in [3.05, 3.63) is 29.3 Å². The summed E-state index contributed by atoms with van der Waals surface area (Å²) in [5.74, 6) is -0.311. The molecule has 0 saturated carbocycles. The molecule has 6 heteroatoms. The van der Waals surface area contributed by atoms with Gasteiger partial charge in [0.2, 0.25) is 5.91 Å². The normalized spacial score (nSPS) is 12.3. The summed E-state index contributed by atoms with van der Waals surface area (Å²) in [6, 6.07) is 3.64. The van der Waals surface area contributed by atoms with E-state index in [1.54, 1.807) is 13.8 Å². The third kappa shape index (κ3) is 3.72. The predicted octanol–water partition coefficient (Wildman–Crippen LogP) is 3.54. The van der Waals surface area contributed by atoms with Gasteiger partial charge in [-0.25, -0.2) is 0 Å². The highest BCUT2D eigenvalue weighted by molar-refractivity contribution is 5.94. The van der Waals surface area contributed by atoms with Crippen molar-refractivity contribution in [2.75, 3.05) is 5.32 Å². The van der Waals surface area contributed by atoms with Crippen LogP contribution in [0.1, 0.15) is 38.3 Å². The smallest absolute Gasteiger partial charge is 0.326 e. The molecule has 0 bridgehead atoms. The first-order chi connectivity index (χ1) is 9.11. The zero-order valence-corrected chi connectivity index (χ0v) is 11.8. The van der Waals surface area contributed by atoms with Gasteiger partial charge >= 0.3 is 6.18 Å². The van der Waals surface area contributed by atoms with Crippen LogP contribution in [0, 0.1) is 5.41 Å². The monoisotopic (exact) mass is 288 g/mol. The number of anilines is 1. The fraction of sp³-hybridized carbons (Fsp3) is 0.500. The first-order valence-electron chi connectivity index (χ1n) is 6.33. The lowest BCUT2D eigenvalue weighted by molar-refractivity contribution is -0.138. The minimum atomic E-state index is -4.49. The number of rotatable bonds is 4. The third-order valence-corrected chi connectivity index (χ3v) is 3.39. The standard InChI is InChI=1S/C14H19F3N2O/c1-4-13(2,3)12(20)19-10-6-5-9(8-18)11(7-10)14(15,16)17/h5-7H,4,8,18H2,1-3H3,(H,19,20). The summed E-state index contributed by atoms with van der Waals surface area (Å²) in [5.41, 5.74) is 3.99. The van der Waals surface area contributed by atoms with Crippen molar-refractivity contribution in [2.45, 2.75) is 39.9 Å². The molecule has 0 aromatic heterocycles. The largest absolute Gasteiger partial charge is 0.416 e. The van der Waals surface area contributed by atoms with Crippen molar-refractivity contribution in [3.8, 4) is 0 Å². The molecule has 0 radical (unpaired) electrons. The Morgan fingerprint density at radius 1 is 1.30 bits per heavy atom. The Balaban J connectivity index is 3.08. The molecule has 0 aliphatic heterocycles. The molecule has 0 fully saturated rings. The molecule has 3 N–H and O–H groups in total. The third-order valence-electron chi connectivity index (χ3n) is 3.39. The Kier molecular flexibility index (Phi) is 4.81. The molecule has 112 valence electrons.